The van der Waals surface area contributed by atoms with Gasteiger partial charge in [-0.3, -0.25) is 14.2 Å². The number of methoxy groups -OCH3 is 1. The highest BCUT2D eigenvalue weighted by Crippen LogP contribution is 2.13. The fraction of sp³-hybridized carbons (Fsp3) is 0.200. The molecule has 0 aliphatic rings. The van der Waals surface area contributed by atoms with Gasteiger partial charge in [0.2, 0.25) is 0 Å². The molecule has 0 aliphatic heterocycles. The number of nitrogens with zero attached hydrogens (tertiary/aromatic N) is 3. The Labute approximate surface area is 155 Å². The molecule has 0 unspecified atom stereocenters. The molecule has 0 N–H and O–H groups in total. The van der Waals surface area contributed by atoms with Crippen molar-refractivity contribution in [1.82, 2.24) is 9.55 Å². The Kier molecular flexibility index (Phi) is 5.47. The first kappa shape index (κ1) is 18.1. The van der Waals surface area contributed by atoms with Gasteiger partial charge in [-0.1, -0.05) is 24.3 Å². The van der Waals surface area contributed by atoms with E-state index in [-0.39, 0.29) is 31.0 Å². The van der Waals surface area contributed by atoms with Gasteiger partial charge in [0.1, 0.15) is 18.9 Å². The summed E-state index contributed by atoms with van der Waals surface area (Å²) in [6.45, 7) is -0.348. The summed E-state index contributed by atoms with van der Waals surface area (Å²) < 4.78 is 11.6. The highest BCUT2D eigenvalue weighted by molar-refractivity contribution is 5.77. The van der Waals surface area contributed by atoms with Crippen LogP contribution in [0.3, 0.4) is 0 Å². The molecule has 0 saturated carbocycles. The lowest BCUT2D eigenvalue weighted by atomic mass is 10.1. The molecule has 0 aliphatic carbocycles. The van der Waals surface area contributed by atoms with Crippen molar-refractivity contribution in [2.45, 2.75) is 19.6 Å². The van der Waals surface area contributed by atoms with Gasteiger partial charge in [0.15, 0.2) is 5.82 Å². The highest BCUT2D eigenvalue weighted by atomic mass is 16.5. The third-order valence-electron chi connectivity index (χ3n) is 4.04. The zero-order chi connectivity index (χ0) is 19.2. The molecular formula is C20H17N3O4. The monoisotopic (exact) mass is 363 g/mol. The fourth-order valence-corrected chi connectivity index (χ4v) is 2.66. The van der Waals surface area contributed by atoms with Crippen LogP contribution < -0.4 is 10.3 Å². The van der Waals surface area contributed by atoms with Gasteiger partial charge in [-0.25, -0.2) is 4.98 Å². The summed E-state index contributed by atoms with van der Waals surface area (Å²) in [5.41, 5.74) is 0.947. The molecule has 0 saturated heterocycles. The zero-order valence-electron chi connectivity index (χ0n) is 14.7. The van der Waals surface area contributed by atoms with Crippen molar-refractivity contribution in [2.24, 2.45) is 0 Å². The molecule has 3 aromatic rings. The molecule has 0 radical (unpaired) electrons. The summed E-state index contributed by atoms with van der Waals surface area (Å²) in [5, 5.41) is 9.42. The van der Waals surface area contributed by atoms with Gasteiger partial charge in [0.05, 0.1) is 30.5 Å². The number of hydrogen-bond donors (Lipinski definition) is 0. The van der Waals surface area contributed by atoms with Crippen molar-refractivity contribution in [3.8, 4) is 11.8 Å². The molecule has 2 aromatic carbocycles. The van der Waals surface area contributed by atoms with E-state index in [1.54, 1.807) is 55.6 Å². The first-order valence-corrected chi connectivity index (χ1v) is 8.26. The lowest BCUT2D eigenvalue weighted by Gasteiger charge is -2.11. The normalized spacial score (nSPS) is 10.4. The first-order valence-electron chi connectivity index (χ1n) is 8.26. The Bertz CT molecular complexity index is 1070. The van der Waals surface area contributed by atoms with Gasteiger partial charge in [0, 0.05) is 0 Å². The molecule has 0 atom stereocenters. The minimum Gasteiger partial charge on any atom is -0.497 e. The second-order valence-corrected chi connectivity index (χ2v) is 5.78. The van der Waals surface area contributed by atoms with Crippen LogP contribution in [0.25, 0.3) is 10.9 Å². The van der Waals surface area contributed by atoms with Crippen LogP contribution in [0.5, 0.6) is 5.75 Å². The summed E-state index contributed by atoms with van der Waals surface area (Å²) in [6, 6.07) is 15.9. The van der Waals surface area contributed by atoms with Crippen LogP contribution in [0.15, 0.2) is 53.3 Å². The number of fused-ring (bicyclic) bond motifs is 1. The van der Waals surface area contributed by atoms with E-state index in [4.69, 9.17) is 14.7 Å². The zero-order valence-corrected chi connectivity index (χ0v) is 14.7. The van der Waals surface area contributed by atoms with E-state index in [1.807, 2.05) is 6.07 Å². The van der Waals surface area contributed by atoms with Crippen LogP contribution in [0.4, 0.5) is 0 Å². The molecule has 0 fully saturated rings. The summed E-state index contributed by atoms with van der Waals surface area (Å²) in [7, 11) is 1.57. The number of nitriles is 1. The van der Waals surface area contributed by atoms with Crippen LogP contribution >= 0.6 is 0 Å². The van der Waals surface area contributed by atoms with Crippen LogP contribution in [-0.2, 0) is 29.1 Å². The highest BCUT2D eigenvalue weighted by Gasteiger charge is 2.13. The maximum Gasteiger partial charge on any atom is 0.310 e. The van der Waals surface area contributed by atoms with Crippen LogP contribution in [0, 0.1) is 11.3 Å². The Morgan fingerprint density at radius 2 is 1.93 bits per heavy atom. The second kappa shape index (κ2) is 8.15. The maximum absolute atomic E-state index is 12.6. The topological polar surface area (TPSA) is 94.2 Å². The van der Waals surface area contributed by atoms with E-state index in [0.29, 0.717) is 16.7 Å². The summed E-state index contributed by atoms with van der Waals surface area (Å²) >= 11 is 0. The van der Waals surface area contributed by atoms with Gasteiger partial charge in [-0.05, 0) is 29.8 Å². The quantitative estimate of drug-likeness (QED) is 0.623. The van der Waals surface area contributed by atoms with Crippen molar-refractivity contribution in [3.05, 3.63) is 70.3 Å². The van der Waals surface area contributed by atoms with E-state index in [0.717, 1.165) is 5.56 Å². The number of carbonyl (C=O) groups excluding carboxylic acids is 1. The van der Waals surface area contributed by atoms with Crippen LogP contribution in [-0.4, -0.2) is 22.6 Å². The average Bonchev–Trinajstić information content (AvgIpc) is 2.69. The van der Waals surface area contributed by atoms with Crippen molar-refractivity contribution < 1.29 is 14.3 Å². The molecule has 27 heavy (non-hydrogen) atoms. The van der Waals surface area contributed by atoms with Gasteiger partial charge in [-0.2, -0.15) is 5.26 Å². The van der Waals surface area contributed by atoms with Crippen molar-refractivity contribution in [2.75, 3.05) is 7.11 Å². The van der Waals surface area contributed by atoms with Crippen molar-refractivity contribution >= 4 is 16.9 Å². The fourth-order valence-electron chi connectivity index (χ4n) is 2.66. The van der Waals surface area contributed by atoms with E-state index >= 15 is 0 Å². The number of rotatable bonds is 6. The van der Waals surface area contributed by atoms with Crippen LogP contribution in [0.1, 0.15) is 11.4 Å². The number of hydrogen-bond acceptors (Lipinski definition) is 6. The number of benzene rings is 2. The van der Waals surface area contributed by atoms with Crippen molar-refractivity contribution in [1.29, 1.82) is 5.26 Å². The Balaban J connectivity index is 1.77. The Morgan fingerprint density at radius 3 is 2.63 bits per heavy atom. The predicted octanol–water partition coefficient (Wildman–Crippen LogP) is 2.21. The summed E-state index contributed by atoms with van der Waals surface area (Å²) in [4.78, 5) is 29.1. The first-order chi connectivity index (χ1) is 13.1. The number of aromatic nitrogens is 2. The smallest absolute Gasteiger partial charge is 0.310 e. The number of ether oxygens (including phenoxy) is 2. The van der Waals surface area contributed by atoms with Crippen molar-refractivity contribution in [3.63, 3.8) is 0 Å². The Morgan fingerprint density at radius 1 is 1.19 bits per heavy atom. The molecule has 0 amide bonds. The number of carbonyl (C=O) groups is 1. The average molecular weight is 363 g/mol. The standard InChI is InChI=1S/C20H17N3O4/c1-26-15-8-6-14(7-9-15)12-19(24)27-13-18-22-17-5-3-2-4-16(17)20(25)23(18)11-10-21/h2-9H,11-13H2,1H3. The molecule has 1 aromatic heterocycles. The van der Waals surface area contributed by atoms with Gasteiger partial charge >= 0.3 is 5.97 Å². The molecule has 7 nitrogen and oxygen atoms in total. The van der Waals surface area contributed by atoms with Gasteiger partial charge in [-0.15, -0.1) is 0 Å². The molecule has 0 spiro atoms. The molecular weight excluding hydrogens is 346 g/mol. The molecule has 1 heterocycles. The molecule has 3 rings (SSSR count). The predicted molar refractivity (Wildman–Crippen MR) is 98.1 cm³/mol. The number of esters is 1. The van der Waals surface area contributed by atoms with E-state index in [2.05, 4.69) is 4.98 Å². The molecule has 136 valence electrons. The number of para-hydroxylation sites is 1. The van der Waals surface area contributed by atoms with Gasteiger partial charge < -0.3 is 9.47 Å². The SMILES string of the molecule is COc1ccc(CC(=O)OCc2nc3ccccc3c(=O)n2CC#N)cc1. The maximum atomic E-state index is 12.6. The minimum absolute atomic E-state index is 0.0834. The third-order valence-corrected chi connectivity index (χ3v) is 4.04. The van der Waals surface area contributed by atoms with E-state index in [1.165, 1.54) is 4.57 Å². The molecule has 7 heteroatoms. The van der Waals surface area contributed by atoms with Crippen LogP contribution in [0.2, 0.25) is 0 Å². The largest absolute Gasteiger partial charge is 0.497 e. The lowest BCUT2D eigenvalue weighted by molar-refractivity contribution is -0.144. The summed E-state index contributed by atoms with van der Waals surface area (Å²) in [5.74, 6) is 0.488. The Hall–Kier alpha value is -3.66. The lowest BCUT2D eigenvalue weighted by Crippen LogP contribution is -2.26. The van der Waals surface area contributed by atoms with E-state index < -0.39 is 5.97 Å². The summed E-state index contributed by atoms with van der Waals surface area (Å²) in [6.07, 6.45) is 0.0834. The molecule has 0 bridgehead atoms. The van der Waals surface area contributed by atoms with Gasteiger partial charge in [0.25, 0.3) is 5.56 Å². The van der Waals surface area contributed by atoms with E-state index in [9.17, 15) is 9.59 Å². The minimum atomic E-state index is -0.453. The second-order valence-electron chi connectivity index (χ2n) is 5.78. The third kappa shape index (κ3) is 4.12.